The van der Waals surface area contributed by atoms with Gasteiger partial charge in [-0.1, -0.05) is 11.6 Å². The molecule has 0 bridgehead atoms. The summed E-state index contributed by atoms with van der Waals surface area (Å²) in [5.74, 6) is 1.29. The number of aromatic nitrogens is 3. The monoisotopic (exact) mass is 307 g/mol. The molecule has 21 heavy (non-hydrogen) atoms. The number of nitrogen functional groups attached to an aromatic ring is 1. The molecule has 2 heterocycles. The summed E-state index contributed by atoms with van der Waals surface area (Å²) in [6.07, 6.45) is 1.71. The lowest BCUT2D eigenvalue weighted by Crippen LogP contribution is -2.23. The Labute approximate surface area is 128 Å². The molecule has 2 aromatic heterocycles. The molecule has 0 saturated carbocycles. The third-order valence-corrected chi connectivity index (χ3v) is 2.59. The average Bonchev–Trinajstić information content (AvgIpc) is 2.33. The lowest BCUT2D eigenvalue weighted by molar-refractivity contribution is 0.124. The van der Waals surface area contributed by atoms with Crippen LogP contribution in [0.2, 0.25) is 5.15 Å². The van der Waals surface area contributed by atoms with Crippen LogP contribution >= 0.6 is 11.6 Å². The van der Waals surface area contributed by atoms with E-state index in [0.29, 0.717) is 23.4 Å². The van der Waals surface area contributed by atoms with E-state index in [0.717, 1.165) is 5.56 Å². The van der Waals surface area contributed by atoms with Gasteiger partial charge in [-0.15, -0.1) is 0 Å². The van der Waals surface area contributed by atoms with Gasteiger partial charge in [-0.2, -0.15) is 4.98 Å². The Morgan fingerprint density at radius 2 is 2.05 bits per heavy atom. The molecule has 7 heteroatoms. The third kappa shape index (κ3) is 5.07. The number of rotatable bonds is 4. The molecule has 0 unspecified atom stereocenters. The molecule has 2 aromatic rings. The van der Waals surface area contributed by atoms with E-state index in [4.69, 9.17) is 22.1 Å². The highest BCUT2D eigenvalue weighted by Gasteiger charge is 2.12. The molecule has 0 saturated heterocycles. The average molecular weight is 308 g/mol. The number of halogens is 1. The summed E-state index contributed by atoms with van der Waals surface area (Å²) in [6, 6.07) is 5.39. The standard InChI is InChI=1S/C14H18ClN5O/c1-14(2,3)21-12-6-9(4-5-17-12)8-18-11-7-10(15)19-13(16)20-11/h4-7H,8H2,1-3H3,(H3,16,18,19,20). The number of ether oxygens (including phenoxy) is 1. The van der Waals surface area contributed by atoms with Gasteiger partial charge in [0, 0.05) is 24.9 Å². The Balaban J connectivity index is 2.04. The second kappa shape index (κ2) is 6.13. The second-order valence-corrected chi connectivity index (χ2v) is 5.89. The lowest BCUT2D eigenvalue weighted by atomic mass is 10.2. The van der Waals surface area contributed by atoms with Gasteiger partial charge in [0.1, 0.15) is 16.6 Å². The molecule has 0 fully saturated rings. The van der Waals surface area contributed by atoms with Crippen LogP contribution in [-0.2, 0) is 6.54 Å². The van der Waals surface area contributed by atoms with E-state index < -0.39 is 0 Å². The summed E-state index contributed by atoms with van der Waals surface area (Å²) in [7, 11) is 0. The van der Waals surface area contributed by atoms with Crippen LogP contribution in [0.3, 0.4) is 0 Å². The first-order valence-corrected chi connectivity index (χ1v) is 6.87. The first-order chi connectivity index (χ1) is 9.82. The van der Waals surface area contributed by atoms with E-state index in [-0.39, 0.29) is 11.5 Å². The Morgan fingerprint density at radius 1 is 1.29 bits per heavy atom. The van der Waals surface area contributed by atoms with Gasteiger partial charge < -0.3 is 15.8 Å². The van der Waals surface area contributed by atoms with E-state index >= 15 is 0 Å². The number of hydrogen-bond donors (Lipinski definition) is 2. The molecule has 0 radical (unpaired) electrons. The molecule has 6 nitrogen and oxygen atoms in total. The number of nitrogens with zero attached hydrogens (tertiary/aromatic N) is 3. The summed E-state index contributed by atoms with van der Waals surface area (Å²) in [4.78, 5) is 12.1. The van der Waals surface area contributed by atoms with Crippen LogP contribution in [0.5, 0.6) is 5.88 Å². The van der Waals surface area contributed by atoms with Crippen molar-refractivity contribution in [2.24, 2.45) is 0 Å². The van der Waals surface area contributed by atoms with Gasteiger partial charge in [0.2, 0.25) is 11.8 Å². The molecule has 0 aromatic carbocycles. The summed E-state index contributed by atoms with van der Waals surface area (Å²) < 4.78 is 5.73. The van der Waals surface area contributed by atoms with Gasteiger partial charge >= 0.3 is 0 Å². The predicted molar refractivity (Wildman–Crippen MR) is 83.4 cm³/mol. The lowest BCUT2D eigenvalue weighted by Gasteiger charge is -2.20. The Bertz CT molecular complexity index is 607. The van der Waals surface area contributed by atoms with Crippen molar-refractivity contribution < 1.29 is 4.74 Å². The normalized spacial score (nSPS) is 11.2. The zero-order valence-corrected chi connectivity index (χ0v) is 13.0. The molecule has 2 rings (SSSR count). The molecule has 0 atom stereocenters. The van der Waals surface area contributed by atoms with Crippen LogP contribution in [-0.4, -0.2) is 20.6 Å². The van der Waals surface area contributed by atoms with Crippen molar-refractivity contribution in [1.82, 2.24) is 15.0 Å². The first-order valence-electron chi connectivity index (χ1n) is 6.50. The fourth-order valence-corrected chi connectivity index (χ4v) is 1.84. The third-order valence-electron chi connectivity index (χ3n) is 2.40. The van der Waals surface area contributed by atoms with Gasteiger partial charge in [0.15, 0.2) is 0 Å². The molecule has 0 aliphatic heterocycles. The van der Waals surface area contributed by atoms with Crippen molar-refractivity contribution >= 4 is 23.4 Å². The summed E-state index contributed by atoms with van der Waals surface area (Å²) in [5, 5.41) is 3.44. The quantitative estimate of drug-likeness (QED) is 0.845. The Kier molecular flexibility index (Phi) is 4.47. The van der Waals surface area contributed by atoms with Crippen molar-refractivity contribution in [3.8, 4) is 5.88 Å². The minimum atomic E-state index is -0.284. The zero-order valence-electron chi connectivity index (χ0n) is 12.2. The smallest absolute Gasteiger partial charge is 0.223 e. The summed E-state index contributed by atoms with van der Waals surface area (Å²) in [5.41, 5.74) is 6.27. The largest absolute Gasteiger partial charge is 0.472 e. The van der Waals surface area contributed by atoms with Gasteiger partial charge in [-0.05, 0) is 32.4 Å². The van der Waals surface area contributed by atoms with Crippen LogP contribution in [0, 0.1) is 0 Å². The van der Waals surface area contributed by atoms with E-state index in [1.165, 1.54) is 0 Å². The van der Waals surface area contributed by atoms with E-state index in [1.807, 2.05) is 32.9 Å². The van der Waals surface area contributed by atoms with Crippen molar-refractivity contribution in [1.29, 1.82) is 0 Å². The van der Waals surface area contributed by atoms with Crippen molar-refractivity contribution in [3.63, 3.8) is 0 Å². The number of pyridine rings is 1. The van der Waals surface area contributed by atoms with Crippen molar-refractivity contribution in [3.05, 3.63) is 35.1 Å². The predicted octanol–water partition coefficient (Wildman–Crippen LogP) is 2.90. The molecular formula is C14H18ClN5O. The minimum absolute atomic E-state index is 0.136. The molecular weight excluding hydrogens is 290 g/mol. The highest BCUT2D eigenvalue weighted by molar-refractivity contribution is 6.29. The second-order valence-electron chi connectivity index (χ2n) is 5.50. The Morgan fingerprint density at radius 3 is 2.71 bits per heavy atom. The summed E-state index contributed by atoms with van der Waals surface area (Å²) in [6.45, 7) is 6.48. The molecule has 0 aliphatic carbocycles. The maximum absolute atomic E-state index is 5.83. The number of hydrogen-bond acceptors (Lipinski definition) is 6. The summed E-state index contributed by atoms with van der Waals surface area (Å²) >= 11 is 5.83. The van der Waals surface area contributed by atoms with E-state index in [2.05, 4.69) is 20.3 Å². The van der Waals surface area contributed by atoms with Crippen molar-refractivity contribution in [2.75, 3.05) is 11.1 Å². The van der Waals surface area contributed by atoms with E-state index in [9.17, 15) is 0 Å². The fraction of sp³-hybridized carbons (Fsp3) is 0.357. The van der Waals surface area contributed by atoms with Gasteiger partial charge in [0.25, 0.3) is 0 Å². The van der Waals surface area contributed by atoms with Crippen LogP contribution < -0.4 is 15.8 Å². The first kappa shape index (κ1) is 15.3. The topological polar surface area (TPSA) is 86.0 Å². The number of anilines is 2. The minimum Gasteiger partial charge on any atom is -0.472 e. The highest BCUT2D eigenvalue weighted by atomic mass is 35.5. The maximum atomic E-state index is 5.83. The molecule has 112 valence electrons. The maximum Gasteiger partial charge on any atom is 0.223 e. The molecule has 0 spiro atoms. The van der Waals surface area contributed by atoms with Crippen LogP contribution in [0.25, 0.3) is 0 Å². The van der Waals surface area contributed by atoms with Gasteiger partial charge in [0.05, 0.1) is 0 Å². The van der Waals surface area contributed by atoms with Crippen LogP contribution in [0.4, 0.5) is 11.8 Å². The molecule has 3 N–H and O–H groups in total. The van der Waals surface area contributed by atoms with Gasteiger partial charge in [-0.3, -0.25) is 0 Å². The highest BCUT2D eigenvalue weighted by Crippen LogP contribution is 2.18. The van der Waals surface area contributed by atoms with Crippen LogP contribution in [0.15, 0.2) is 24.4 Å². The number of nitrogens with one attached hydrogen (secondary N) is 1. The number of nitrogens with two attached hydrogens (primary N) is 1. The van der Waals surface area contributed by atoms with E-state index in [1.54, 1.807) is 12.3 Å². The fourth-order valence-electron chi connectivity index (χ4n) is 1.65. The van der Waals surface area contributed by atoms with Crippen LogP contribution in [0.1, 0.15) is 26.3 Å². The zero-order chi connectivity index (χ0) is 15.5. The van der Waals surface area contributed by atoms with Gasteiger partial charge in [-0.25, -0.2) is 9.97 Å². The Hall–Kier alpha value is -2.08. The SMILES string of the molecule is CC(C)(C)Oc1cc(CNc2cc(Cl)nc(N)n2)ccn1. The molecule has 0 aliphatic rings. The molecule has 0 amide bonds. The van der Waals surface area contributed by atoms with Crippen molar-refractivity contribution in [2.45, 2.75) is 32.9 Å².